The molecule has 7 nitrogen and oxygen atoms in total. The number of hydrogen-bond donors (Lipinski definition) is 1. The van der Waals surface area contributed by atoms with Gasteiger partial charge in [-0.2, -0.15) is 8.78 Å². The molecule has 34 heavy (non-hydrogen) atoms. The summed E-state index contributed by atoms with van der Waals surface area (Å²) in [4.78, 5) is 35.1. The van der Waals surface area contributed by atoms with Crippen LogP contribution in [0.2, 0.25) is 0 Å². The van der Waals surface area contributed by atoms with Gasteiger partial charge in [-0.25, -0.2) is 13.2 Å². The number of halogens is 5. The van der Waals surface area contributed by atoms with E-state index >= 15 is 0 Å². The number of amides is 1. The van der Waals surface area contributed by atoms with Crippen LogP contribution in [-0.4, -0.2) is 50.6 Å². The molecule has 190 valence electrons. The minimum Gasteiger partial charge on any atom is -0.420 e. The van der Waals surface area contributed by atoms with Gasteiger partial charge in [0.25, 0.3) is 0 Å². The Bertz CT molecular complexity index is 860. The van der Waals surface area contributed by atoms with Crippen molar-refractivity contribution in [3.8, 4) is 5.75 Å². The first kappa shape index (κ1) is 27.6. The van der Waals surface area contributed by atoms with Crippen molar-refractivity contribution in [2.75, 3.05) is 33.0 Å². The van der Waals surface area contributed by atoms with Crippen molar-refractivity contribution in [1.29, 1.82) is 0 Å². The van der Waals surface area contributed by atoms with Crippen LogP contribution >= 0.6 is 0 Å². The number of benzene rings is 1. The first-order valence-corrected chi connectivity index (χ1v) is 10.8. The van der Waals surface area contributed by atoms with E-state index in [9.17, 15) is 36.3 Å². The highest BCUT2D eigenvalue weighted by Crippen LogP contribution is 2.30. The van der Waals surface area contributed by atoms with Crippen LogP contribution < -0.4 is 10.1 Å². The molecule has 1 aromatic rings. The predicted molar refractivity (Wildman–Crippen MR) is 107 cm³/mol. The second kappa shape index (κ2) is 13.3. The molecule has 0 saturated heterocycles. The van der Waals surface area contributed by atoms with E-state index in [0.29, 0.717) is 19.4 Å². The predicted octanol–water partition coefficient (Wildman–Crippen LogP) is 3.22. The van der Waals surface area contributed by atoms with Gasteiger partial charge >= 0.3 is 5.97 Å². The largest absolute Gasteiger partial charge is 0.420 e. The number of hydrogen-bond acceptors (Lipinski definition) is 6. The van der Waals surface area contributed by atoms with Crippen molar-refractivity contribution in [2.45, 2.75) is 39.0 Å². The lowest BCUT2D eigenvalue weighted by Crippen LogP contribution is -2.36. The fourth-order valence-electron chi connectivity index (χ4n) is 3.47. The molecule has 1 N–H and O–H groups in total. The van der Waals surface area contributed by atoms with Crippen molar-refractivity contribution in [2.24, 2.45) is 11.8 Å². The van der Waals surface area contributed by atoms with Crippen molar-refractivity contribution in [1.82, 2.24) is 5.32 Å². The second-order valence-corrected chi connectivity index (χ2v) is 7.80. The normalized spacial score (nSPS) is 17.9. The molecule has 1 fully saturated rings. The Morgan fingerprint density at radius 2 is 1.26 bits per heavy atom. The minimum absolute atomic E-state index is 0.0467. The summed E-state index contributed by atoms with van der Waals surface area (Å²) in [6.45, 7) is 2.03. The fraction of sp³-hybridized carbons (Fsp3) is 0.591. The molecule has 0 bridgehead atoms. The molecule has 0 heterocycles. The highest BCUT2D eigenvalue weighted by atomic mass is 19.2. The van der Waals surface area contributed by atoms with Crippen LogP contribution in [0.25, 0.3) is 0 Å². The van der Waals surface area contributed by atoms with E-state index in [-0.39, 0.29) is 50.0 Å². The Morgan fingerprint density at radius 3 is 1.82 bits per heavy atom. The van der Waals surface area contributed by atoms with Crippen molar-refractivity contribution in [3.05, 3.63) is 29.1 Å². The number of nitrogens with one attached hydrogen (secondary N) is 1. The lowest BCUT2D eigenvalue weighted by molar-refractivity contribution is -0.136. The molecule has 1 aromatic carbocycles. The third-order valence-electron chi connectivity index (χ3n) is 5.43. The maximum atomic E-state index is 13.5. The molecule has 1 amide bonds. The summed E-state index contributed by atoms with van der Waals surface area (Å²) < 4.78 is 80.7. The zero-order valence-corrected chi connectivity index (χ0v) is 18.6. The van der Waals surface area contributed by atoms with E-state index in [1.165, 1.54) is 0 Å². The maximum absolute atomic E-state index is 13.5. The summed E-state index contributed by atoms with van der Waals surface area (Å²) in [7, 11) is 0. The van der Waals surface area contributed by atoms with Crippen molar-refractivity contribution < 1.29 is 50.5 Å². The standard InChI is InChI=1S/C22H26F5NO6/c1-12(29)13-2-4-14(5-3-13)22(31)28-7-9-33-11-10-32-8-6-15(30)34-21-19(26)17(24)16(23)18(25)20(21)27/h13-14H,2-11H2,1H3,(H,28,31). The summed E-state index contributed by atoms with van der Waals surface area (Å²) in [5.74, 6) is -14.2. The average molecular weight is 495 g/mol. The molecule has 1 aliphatic carbocycles. The Labute approximate surface area is 192 Å². The Balaban J connectivity index is 1.54. The van der Waals surface area contributed by atoms with Gasteiger partial charge in [0.15, 0.2) is 0 Å². The molecule has 12 heteroatoms. The van der Waals surface area contributed by atoms with Crippen LogP contribution in [0, 0.1) is 40.9 Å². The van der Waals surface area contributed by atoms with E-state index in [2.05, 4.69) is 10.1 Å². The van der Waals surface area contributed by atoms with E-state index in [1.807, 2.05) is 0 Å². The molecule has 0 aliphatic heterocycles. The number of carbonyl (C=O) groups is 3. The number of rotatable bonds is 12. The number of carbonyl (C=O) groups excluding carboxylic acids is 3. The smallest absolute Gasteiger partial charge is 0.313 e. The van der Waals surface area contributed by atoms with Crippen molar-refractivity contribution >= 4 is 17.7 Å². The first-order chi connectivity index (χ1) is 16.1. The topological polar surface area (TPSA) is 90.9 Å². The third-order valence-corrected chi connectivity index (χ3v) is 5.43. The molecule has 0 atom stereocenters. The molecule has 0 radical (unpaired) electrons. The lowest BCUT2D eigenvalue weighted by atomic mass is 9.80. The summed E-state index contributed by atoms with van der Waals surface area (Å²) in [6.07, 6.45) is 2.29. The van der Waals surface area contributed by atoms with Crippen LogP contribution in [0.4, 0.5) is 22.0 Å². The monoisotopic (exact) mass is 495 g/mol. The highest BCUT2D eigenvalue weighted by molar-refractivity contribution is 5.81. The minimum atomic E-state index is -2.35. The molecule has 1 saturated carbocycles. The van der Waals surface area contributed by atoms with E-state index < -0.39 is 47.2 Å². The van der Waals surface area contributed by atoms with Gasteiger partial charge in [0.2, 0.25) is 40.7 Å². The summed E-state index contributed by atoms with van der Waals surface area (Å²) >= 11 is 0. The highest BCUT2D eigenvalue weighted by Gasteiger charge is 2.29. The van der Waals surface area contributed by atoms with Crippen LogP contribution in [0.15, 0.2) is 0 Å². The third kappa shape index (κ3) is 7.73. The van der Waals surface area contributed by atoms with Gasteiger partial charge in [-0.05, 0) is 32.6 Å². The Hall–Kier alpha value is -2.60. The number of esters is 1. The fourth-order valence-corrected chi connectivity index (χ4v) is 3.47. The summed E-state index contributed by atoms with van der Waals surface area (Å²) in [5, 5.41) is 2.77. The average Bonchev–Trinajstić information content (AvgIpc) is 2.83. The van der Waals surface area contributed by atoms with Gasteiger partial charge in [0.1, 0.15) is 5.78 Å². The lowest BCUT2D eigenvalue weighted by Gasteiger charge is -2.26. The van der Waals surface area contributed by atoms with Crippen LogP contribution in [0.3, 0.4) is 0 Å². The molecule has 2 rings (SSSR count). The Kier molecular flexibility index (Phi) is 10.8. The van der Waals surface area contributed by atoms with Gasteiger partial charge in [0, 0.05) is 18.4 Å². The second-order valence-electron chi connectivity index (χ2n) is 7.80. The van der Waals surface area contributed by atoms with Gasteiger partial charge in [-0.15, -0.1) is 0 Å². The molecule has 0 unspecified atom stereocenters. The van der Waals surface area contributed by atoms with E-state index in [0.717, 1.165) is 12.8 Å². The zero-order valence-electron chi connectivity index (χ0n) is 18.6. The Morgan fingerprint density at radius 1 is 0.765 bits per heavy atom. The summed E-state index contributed by atoms with van der Waals surface area (Å²) in [5.41, 5.74) is 0. The number of ether oxygens (including phenoxy) is 3. The van der Waals surface area contributed by atoms with Gasteiger partial charge in [0.05, 0.1) is 32.8 Å². The van der Waals surface area contributed by atoms with Gasteiger partial charge < -0.3 is 19.5 Å². The number of Topliss-reactive ketones (excluding diaryl/α,β-unsaturated/α-hetero) is 1. The maximum Gasteiger partial charge on any atom is 0.313 e. The molecule has 1 aliphatic rings. The van der Waals surface area contributed by atoms with E-state index in [4.69, 9.17) is 9.47 Å². The molecule has 0 spiro atoms. The zero-order chi connectivity index (χ0) is 25.3. The van der Waals surface area contributed by atoms with Gasteiger partial charge in [-0.1, -0.05) is 0 Å². The first-order valence-electron chi connectivity index (χ1n) is 10.8. The summed E-state index contributed by atoms with van der Waals surface area (Å²) in [6, 6.07) is 0. The number of ketones is 1. The molecular formula is C22H26F5NO6. The van der Waals surface area contributed by atoms with Crippen LogP contribution in [0.1, 0.15) is 39.0 Å². The van der Waals surface area contributed by atoms with Crippen LogP contribution in [0.5, 0.6) is 5.75 Å². The SMILES string of the molecule is CC(=O)C1CCC(C(=O)NCCOCCOCCC(=O)Oc2c(F)c(F)c(F)c(F)c2F)CC1. The van der Waals surface area contributed by atoms with Crippen molar-refractivity contribution in [3.63, 3.8) is 0 Å². The quantitative estimate of drug-likeness (QED) is 0.120. The van der Waals surface area contributed by atoms with E-state index in [1.54, 1.807) is 6.92 Å². The molecular weight excluding hydrogens is 469 g/mol. The molecule has 0 aromatic heterocycles. The van der Waals surface area contributed by atoms with Gasteiger partial charge in [-0.3, -0.25) is 14.4 Å². The van der Waals surface area contributed by atoms with Crippen LogP contribution in [-0.2, 0) is 23.9 Å².